The Balaban J connectivity index is 2.21. The molecule has 4 heteroatoms. The van der Waals surface area contributed by atoms with Crippen LogP contribution in [0.2, 0.25) is 5.02 Å². The fourth-order valence-corrected chi connectivity index (χ4v) is 2.74. The van der Waals surface area contributed by atoms with E-state index in [1.165, 1.54) is 0 Å². The van der Waals surface area contributed by atoms with E-state index in [-0.39, 0.29) is 11.6 Å². The third-order valence-electron chi connectivity index (χ3n) is 3.34. The molecule has 3 rings (SSSR count). The molecule has 3 nitrogen and oxygen atoms in total. The Labute approximate surface area is 115 Å². The average Bonchev–Trinajstić information content (AvgIpc) is 2.81. The highest BCUT2D eigenvalue weighted by Gasteiger charge is 2.32. The third-order valence-corrected chi connectivity index (χ3v) is 3.65. The first kappa shape index (κ1) is 12.2. The van der Waals surface area contributed by atoms with Gasteiger partial charge in [-0.3, -0.25) is 9.59 Å². The molecular formula is C15H12ClNO2. The molecule has 0 fully saturated rings. The van der Waals surface area contributed by atoms with E-state index in [0.29, 0.717) is 27.3 Å². The van der Waals surface area contributed by atoms with Crippen LogP contribution in [0.15, 0.2) is 30.6 Å². The Morgan fingerprint density at radius 1 is 1.05 bits per heavy atom. The van der Waals surface area contributed by atoms with Crippen LogP contribution in [0.25, 0.3) is 0 Å². The molecule has 1 aromatic heterocycles. The smallest absolute Gasteiger partial charge is 0.197 e. The number of ketones is 2. The van der Waals surface area contributed by atoms with Gasteiger partial charge in [0.1, 0.15) is 0 Å². The van der Waals surface area contributed by atoms with Gasteiger partial charge in [-0.1, -0.05) is 30.7 Å². The number of fused-ring (bicyclic) bond motifs is 2. The van der Waals surface area contributed by atoms with E-state index in [4.69, 9.17) is 11.6 Å². The lowest BCUT2D eigenvalue weighted by Crippen LogP contribution is -2.19. The fourth-order valence-electron chi connectivity index (χ4n) is 2.48. The molecule has 0 amide bonds. The van der Waals surface area contributed by atoms with Gasteiger partial charge in [0.2, 0.25) is 0 Å². The number of rotatable bonds is 2. The summed E-state index contributed by atoms with van der Waals surface area (Å²) in [4.78, 5) is 24.8. The number of carbonyl (C=O) groups is 2. The van der Waals surface area contributed by atoms with E-state index in [9.17, 15) is 9.59 Å². The molecule has 0 N–H and O–H groups in total. The predicted molar refractivity (Wildman–Crippen MR) is 73.0 cm³/mol. The molecule has 0 radical (unpaired) electrons. The number of aromatic nitrogens is 1. The third kappa shape index (κ3) is 1.73. The van der Waals surface area contributed by atoms with Crippen LogP contribution in [0, 0.1) is 0 Å². The summed E-state index contributed by atoms with van der Waals surface area (Å²) in [5.74, 6) is -0.285. The normalized spacial score (nSPS) is 13.4. The molecule has 1 aliphatic rings. The standard InChI is InChI=1S/C15H12ClNO2/c1-2-6-17-7-10-11(8-17)15(19)13-9(14(10)18)4-3-5-12(13)16/h3-5,7-8H,2,6H2,1H3. The summed E-state index contributed by atoms with van der Waals surface area (Å²) in [6.07, 6.45) is 4.44. The molecule has 1 aromatic carbocycles. The quantitative estimate of drug-likeness (QED) is 0.718. The first-order chi connectivity index (χ1) is 9.13. The highest BCUT2D eigenvalue weighted by atomic mass is 35.5. The van der Waals surface area contributed by atoms with Gasteiger partial charge in [-0.2, -0.15) is 0 Å². The van der Waals surface area contributed by atoms with Crippen molar-refractivity contribution in [3.05, 3.63) is 57.9 Å². The SMILES string of the molecule is CCCn1cc2c(c1)C(=O)c1c(Cl)cccc1C2=O. The Bertz CT molecular complexity index is 700. The first-order valence-electron chi connectivity index (χ1n) is 6.21. The van der Waals surface area contributed by atoms with Gasteiger partial charge in [-0.25, -0.2) is 0 Å². The molecule has 0 atom stereocenters. The van der Waals surface area contributed by atoms with Crippen LogP contribution in [-0.2, 0) is 6.54 Å². The molecule has 1 heterocycles. The zero-order valence-corrected chi connectivity index (χ0v) is 11.2. The maximum atomic E-state index is 12.4. The summed E-state index contributed by atoms with van der Waals surface area (Å²) in [5.41, 5.74) is 1.67. The highest BCUT2D eigenvalue weighted by Crippen LogP contribution is 2.32. The number of halogens is 1. The van der Waals surface area contributed by atoms with Gasteiger partial charge >= 0.3 is 0 Å². The van der Waals surface area contributed by atoms with Gasteiger partial charge in [-0.15, -0.1) is 0 Å². The van der Waals surface area contributed by atoms with Crippen LogP contribution in [0.4, 0.5) is 0 Å². The van der Waals surface area contributed by atoms with Crippen LogP contribution >= 0.6 is 11.6 Å². The second-order valence-corrected chi connectivity index (χ2v) is 5.05. The topological polar surface area (TPSA) is 39.1 Å². The van der Waals surface area contributed by atoms with Gasteiger partial charge < -0.3 is 4.57 Å². The Morgan fingerprint density at radius 2 is 1.74 bits per heavy atom. The first-order valence-corrected chi connectivity index (χ1v) is 6.59. The molecular weight excluding hydrogens is 262 g/mol. The lowest BCUT2D eigenvalue weighted by atomic mass is 9.87. The maximum Gasteiger partial charge on any atom is 0.197 e. The van der Waals surface area contributed by atoms with E-state index >= 15 is 0 Å². The molecule has 0 spiro atoms. The Morgan fingerprint density at radius 3 is 2.42 bits per heavy atom. The molecule has 0 bridgehead atoms. The minimum absolute atomic E-state index is 0.123. The van der Waals surface area contributed by atoms with Crippen LogP contribution in [0.5, 0.6) is 0 Å². The molecule has 1 aliphatic carbocycles. The fraction of sp³-hybridized carbons (Fsp3) is 0.200. The van der Waals surface area contributed by atoms with Crippen molar-refractivity contribution in [3.8, 4) is 0 Å². The zero-order valence-electron chi connectivity index (χ0n) is 10.4. The number of hydrogen-bond acceptors (Lipinski definition) is 2. The molecule has 96 valence electrons. The van der Waals surface area contributed by atoms with Gasteiger partial charge in [0, 0.05) is 24.5 Å². The van der Waals surface area contributed by atoms with E-state index in [1.54, 1.807) is 30.6 Å². The monoisotopic (exact) mass is 273 g/mol. The number of benzene rings is 1. The second kappa shape index (κ2) is 4.35. The average molecular weight is 274 g/mol. The van der Waals surface area contributed by atoms with Gasteiger partial charge in [-0.05, 0) is 12.5 Å². The van der Waals surface area contributed by atoms with Gasteiger partial charge in [0.05, 0.1) is 21.7 Å². The van der Waals surface area contributed by atoms with Gasteiger partial charge in [0.15, 0.2) is 11.6 Å². The highest BCUT2D eigenvalue weighted by molar-refractivity contribution is 6.39. The molecule has 0 aliphatic heterocycles. The number of aryl methyl sites for hydroxylation is 1. The zero-order chi connectivity index (χ0) is 13.6. The summed E-state index contributed by atoms with van der Waals surface area (Å²) in [6.45, 7) is 2.84. The summed E-state index contributed by atoms with van der Waals surface area (Å²) < 4.78 is 1.89. The van der Waals surface area contributed by atoms with Crippen LogP contribution in [0.1, 0.15) is 45.2 Å². The van der Waals surface area contributed by atoms with E-state index in [2.05, 4.69) is 0 Å². The van der Waals surface area contributed by atoms with Crippen LogP contribution < -0.4 is 0 Å². The van der Waals surface area contributed by atoms with Crippen molar-refractivity contribution in [2.45, 2.75) is 19.9 Å². The number of carbonyl (C=O) groups excluding carboxylic acids is 2. The van der Waals surface area contributed by atoms with Crippen molar-refractivity contribution in [3.63, 3.8) is 0 Å². The van der Waals surface area contributed by atoms with Crippen molar-refractivity contribution in [2.24, 2.45) is 0 Å². The molecule has 0 unspecified atom stereocenters. The summed E-state index contributed by atoms with van der Waals surface area (Å²) in [6, 6.07) is 4.99. The van der Waals surface area contributed by atoms with E-state index in [1.807, 2.05) is 11.5 Å². The molecule has 19 heavy (non-hydrogen) atoms. The maximum absolute atomic E-state index is 12.4. The van der Waals surface area contributed by atoms with Crippen molar-refractivity contribution < 1.29 is 9.59 Å². The van der Waals surface area contributed by atoms with Crippen molar-refractivity contribution >= 4 is 23.2 Å². The minimum Gasteiger partial charge on any atom is -0.353 e. The van der Waals surface area contributed by atoms with Crippen molar-refractivity contribution in [1.82, 2.24) is 4.57 Å². The second-order valence-electron chi connectivity index (χ2n) is 4.64. The molecule has 2 aromatic rings. The van der Waals surface area contributed by atoms with E-state index in [0.717, 1.165) is 13.0 Å². The van der Waals surface area contributed by atoms with Crippen molar-refractivity contribution in [2.75, 3.05) is 0 Å². The number of nitrogens with zero attached hydrogens (tertiary/aromatic N) is 1. The van der Waals surface area contributed by atoms with Crippen LogP contribution in [0.3, 0.4) is 0 Å². The summed E-state index contributed by atoms with van der Waals surface area (Å²) >= 11 is 6.06. The van der Waals surface area contributed by atoms with E-state index < -0.39 is 0 Å². The lowest BCUT2D eigenvalue weighted by Gasteiger charge is -2.14. The summed E-state index contributed by atoms with van der Waals surface area (Å²) in [7, 11) is 0. The van der Waals surface area contributed by atoms with Crippen LogP contribution in [-0.4, -0.2) is 16.1 Å². The molecule has 0 saturated carbocycles. The largest absolute Gasteiger partial charge is 0.353 e. The Kier molecular flexibility index (Phi) is 2.79. The number of hydrogen-bond donors (Lipinski definition) is 0. The lowest BCUT2D eigenvalue weighted by molar-refractivity contribution is 0.0980. The minimum atomic E-state index is -0.162. The predicted octanol–water partition coefficient (Wildman–Crippen LogP) is 3.33. The summed E-state index contributed by atoms with van der Waals surface area (Å²) in [5, 5.41) is 0.338. The molecule has 0 saturated heterocycles. The van der Waals surface area contributed by atoms with Crippen molar-refractivity contribution in [1.29, 1.82) is 0 Å². The Hall–Kier alpha value is -1.87. The van der Waals surface area contributed by atoms with Gasteiger partial charge in [0.25, 0.3) is 0 Å².